The second-order valence-corrected chi connectivity index (χ2v) is 10.3. The van der Waals surface area contributed by atoms with Crippen LogP contribution in [0.25, 0.3) is 0 Å². The molecule has 0 spiro atoms. The Bertz CT molecular complexity index is 1190. The number of hydrogen-bond acceptors (Lipinski definition) is 6. The Morgan fingerprint density at radius 3 is 2.38 bits per heavy atom. The van der Waals surface area contributed by atoms with E-state index in [-0.39, 0.29) is 42.0 Å². The number of primary sulfonamides is 1. The summed E-state index contributed by atoms with van der Waals surface area (Å²) in [5.74, 6) is -1.32. The standard InChI is InChI=1S/C23H24ClN3O6S/c24-16-5-3-15(4-6-16)12-21(28)26(14-18-2-1-11-33-18)20-13-22(29)27(23(20)30)17-7-9-19(10-8-17)34(25,31)32/h3-10,18,20H,1-2,11-14H2,(H2,25,31,32). The number of anilines is 1. The van der Waals surface area contributed by atoms with Gasteiger partial charge in [0.2, 0.25) is 21.8 Å². The summed E-state index contributed by atoms with van der Waals surface area (Å²) >= 11 is 5.93. The number of amides is 3. The van der Waals surface area contributed by atoms with E-state index in [2.05, 4.69) is 0 Å². The average Bonchev–Trinajstić information content (AvgIpc) is 3.40. The molecular formula is C23H24ClN3O6S. The van der Waals surface area contributed by atoms with Crippen LogP contribution in [-0.2, 0) is 35.6 Å². The third-order valence-electron chi connectivity index (χ3n) is 5.94. The van der Waals surface area contributed by atoms with Crippen LogP contribution in [0.3, 0.4) is 0 Å². The lowest BCUT2D eigenvalue weighted by Crippen LogP contribution is -2.49. The van der Waals surface area contributed by atoms with Crippen molar-refractivity contribution in [2.24, 2.45) is 5.14 Å². The summed E-state index contributed by atoms with van der Waals surface area (Å²) in [5, 5.41) is 5.67. The molecule has 2 fully saturated rings. The summed E-state index contributed by atoms with van der Waals surface area (Å²) in [6, 6.07) is 11.0. The van der Waals surface area contributed by atoms with Gasteiger partial charge < -0.3 is 9.64 Å². The summed E-state index contributed by atoms with van der Waals surface area (Å²) in [6.45, 7) is 0.790. The predicted molar refractivity (Wildman–Crippen MR) is 125 cm³/mol. The van der Waals surface area contributed by atoms with Crippen LogP contribution >= 0.6 is 11.6 Å². The van der Waals surface area contributed by atoms with Crippen molar-refractivity contribution in [3.05, 3.63) is 59.1 Å². The van der Waals surface area contributed by atoms with Gasteiger partial charge in [0.05, 0.1) is 29.5 Å². The molecule has 34 heavy (non-hydrogen) atoms. The lowest BCUT2D eigenvalue weighted by Gasteiger charge is -2.30. The third-order valence-corrected chi connectivity index (χ3v) is 7.12. The van der Waals surface area contributed by atoms with E-state index in [0.29, 0.717) is 11.6 Å². The van der Waals surface area contributed by atoms with Crippen LogP contribution in [0.4, 0.5) is 5.69 Å². The van der Waals surface area contributed by atoms with Gasteiger partial charge in [-0.1, -0.05) is 23.7 Å². The van der Waals surface area contributed by atoms with Gasteiger partial charge in [0.15, 0.2) is 0 Å². The first-order valence-electron chi connectivity index (χ1n) is 10.8. The SMILES string of the molecule is NS(=O)(=O)c1ccc(N2C(=O)CC(N(CC3CCCO3)C(=O)Cc3ccc(Cl)cc3)C2=O)cc1. The minimum Gasteiger partial charge on any atom is -0.376 e. The largest absolute Gasteiger partial charge is 0.376 e. The quantitative estimate of drug-likeness (QED) is 0.572. The Kier molecular flexibility index (Phi) is 7.04. The highest BCUT2D eigenvalue weighted by Crippen LogP contribution is 2.28. The molecule has 0 aromatic heterocycles. The molecule has 11 heteroatoms. The zero-order valence-electron chi connectivity index (χ0n) is 18.2. The van der Waals surface area contributed by atoms with Crippen molar-refractivity contribution in [3.63, 3.8) is 0 Å². The van der Waals surface area contributed by atoms with Crippen molar-refractivity contribution in [1.82, 2.24) is 4.90 Å². The summed E-state index contributed by atoms with van der Waals surface area (Å²) in [7, 11) is -3.91. The fraction of sp³-hybridized carbons (Fsp3) is 0.348. The fourth-order valence-electron chi connectivity index (χ4n) is 4.20. The topological polar surface area (TPSA) is 127 Å². The Labute approximate surface area is 202 Å². The fourth-order valence-corrected chi connectivity index (χ4v) is 4.85. The molecule has 2 heterocycles. The zero-order valence-corrected chi connectivity index (χ0v) is 19.8. The van der Waals surface area contributed by atoms with Crippen LogP contribution in [0, 0.1) is 0 Å². The van der Waals surface area contributed by atoms with Gasteiger partial charge in [-0.25, -0.2) is 18.5 Å². The Balaban J connectivity index is 1.58. The molecule has 4 rings (SSSR count). The van der Waals surface area contributed by atoms with Crippen LogP contribution < -0.4 is 10.0 Å². The van der Waals surface area contributed by atoms with Crippen molar-refractivity contribution in [1.29, 1.82) is 0 Å². The van der Waals surface area contributed by atoms with E-state index in [1.807, 2.05) is 0 Å². The van der Waals surface area contributed by atoms with E-state index in [4.69, 9.17) is 21.5 Å². The smallest absolute Gasteiger partial charge is 0.257 e. The minimum absolute atomic E-state index is 0.0465. The average molecular weight is 506 g/mol. The van der Waals surface area contributed by atoms with Gasteiger partial charge in [-0.15, -0.1) is 0 Å². The second kappa shape index (κ2) is 9.83. The van der Waals surface area contributed by atoms with Gasteiger partial charge in [0, 0.05) is 18.2 Å². The number of carbonyl (C=O) groups is 3. The number of ether oxygens (including phenoxy) is 1. The van der Waals surface area contributed by atoms with Crippen LogP contribution in [0.1, 0.15) is 24.8 Å². The third kappa shape index (κ3) is 5.30. The molecule has 2 aliphatic heterocycles. The van der Waals surface area contributed by atoms with Crippen LogP contribution in [0.5, 0.6) is 0 Å². The molecule has 180 valence electrons. The molecule has 2 unspecified atom stereocenters. The van der Waals surface area contributed by atoms with Gasteiger partial charge in [-0.05, 0) is 54.8 Å². The molecule has 2 aliphatic rings. The molecule has 9 nitrogen and oxygen atoms in total. The number of halogens is 1. The Morgan fingerprint density at radius 1 is 1.12 bits per heavy atom. The summed E-state index contributed by atoms with van der Waals surface area (Å²) in [5.41, 5.74) is 0.950. The molecule has 2 N–H and O–H groups in total. The number of nitrogens with two attached hydrogens (primary N) is 1. The van der Waals surface area contributed by atoms with Crippen molar-refractivity contribution in [2.45, 2.75) is 42.7 Å². The number of benzene rings is 2. The van der Waals surface area contributed by atoms with E-state index >= 15 is 0 Å². The van der Waals surface area contributed by atoms with E-state index in [1.165, 1.54) is 29.2 Å². The van der Waals surface area contributed by atoms with Crippen LogP contribution in [-0.4, -0.2) is 56.3 Å². The maximum atomic E-state index is 13.3. The predicted octanol–water partition coefficient (Wildman–Crippen LogP) is 1.87. The molecular weight excluding hydrogens is 482 g/mol. The molecule has 0 bridgehead atoms. The molecule has 0 saturated carbocycles. The van der Waals surface area contributed by atoms with Crippen molar-refractivity contribution < 1.29 is 27.5 Å². The summed E-state index contributed by atoms with van der Waals surface area (Å²) < 4.78 is 28.7. The zero-order chi connectivity index (χ0) is 24.5. The number of imide groups is 1. The molecule has 0 radical (unpaired) electrons. The van der Waals surface area contributed by atoms with Gasteiger partial charge in [0.1, 0.15) is 6.04 Å². The molecule has 2 aromatic rings. The number of hydrogen-bond donors (Lipinski definition) is 1. The van der Waals surface area contributed by atoms with E-state index in [0.717, 1.165) is 23.3 Å². The number of nitrogens with zero attached hydrogens (tertiary/aromatic N) is 2. The summed E-state index contributed by atoms with van der Waals surface area (Å²) in [4.78, 5) is 41.7. The van der Waals surface area contributed by atoms with Crippen LogP contribution in [0.15, 0.2) is 53.4 Å². The molecule has 0 aliphatic carbocycles. The van der Waals surface area contributed by atoms with Gasteiger partial charge in [-0.3, -0.25) is 14.4 Å². The normalized spacial score (nSPS) is 20.7. The molecule has 2 saturated heterocycles. The summed E-state index contributed by atoms with van der Waals surface area (Å²) in [6.07, 6.45) is 1.29. The van der Waals surface area contributed by atoms with Crippen molar-refractivity contribution >= 4 is 45.0 Å². The Hall–Kier alpha value is -2.79. The molecule has 2 atom stereocenters. The van der Waals surface area contributed by atoms with Gasteiger partial charge >= 0.3 is 0 Å². The first-order valence-corrected chi connectivity index (χ1v) is 12.7. The van der Waals surface area contributed by atoms with E-state index in [1.54, 1.807) is 24.3 Å². The monoisotopic (exact) mass is 505 g/mol. The second-order valence-electron chi connectivity index (χ2n) is 8.31. The van der Waals surface area contributed by atoms with Gasteiger partial charge in [-0.2, -0.15) is 0 Å². The molecule has 2 aromatic carbocycles. The molecule has 3 amide bonds. The first kappa shape index (κ1) is 24.3. The van der Waals surface area contributed by atoms with Gasteiger partial charge in [0.25, 0.3) is 5.91 Å². The van der Waals surface area contributed by atoms with Crippen molar-refractivity contribution in [3.8, 4) is 0 Å². The van der Waals surface area contributed by atoms with Crippen molar-refractivity contribution in [2.75, 3.05) is 18.1 Å². The Morgan fingerprint density at radius 2 is 1.79 bits per heavy atom. The first-order chi connectivity index (χ1) is 16.1. The lowest BCUT2D eigenvalue weighted by atomic mass is 10.1. The maximum absolute atomic E-state index is 13.3. The highest BCUT2D eigenvalue weighted by Gasteiger charge is 2.45. The lowest BCUT2D eigenvalue weighted by molar-refractivity contribution is -0.139. The van der Waals surface area contributed by atoms with Crippen LogP contribution in [0.2, 0.25) is 5.02 Å². The maximum Gasteiger partial charge on any atom is 0.257 e. The van der Waals surface area contributed by atoms with E-state index < -0.39 is 27.9 Å². The number of sulfonamides is 1. The van der Waals surface area contributed by atoms with E-state index in [9.17, 15) is 22.8 Å². The highest BCUT2D eigenvalue weighted by molar-refractivity contribution is 7.89. The minimum atomic E-state index is -3.91. The highest BCUT2D eigenvalue weighted by atomic mass is 35.5. The number of rotatable bonds is 7. The number of carbonyl (C=O) groups excluding carboxylic acids is 3.